The molecule has 6 N–H and O–H groups in total. The summed E-state index contributed by atoms with van der Waals surface area (Å²) in [6.45, 7) is 3.21. The number of aliphatic hydroxyl groups is 1. The number of hydrogen-bond acceptors (Lipinski definition) is 8. The largest absolute Gasteiger partial charge is 0.508 e. The van der Waals surface area contributed by atoms with Crippen LogP contribution in [0.2, 0.25) is 0 Å². The number of piperidine rings is 1. The molecule has 1 fully saturated rings. The summed E-state index contributed by atoms with van der Waals surface area (Å²) < 4.78 is 0.543. The molecule has 1 aromatic heterocycles. The number of aromatic hydroxyl groups is 2. The van der Waals surface area contributed by atoms with E-state index in [0.29, 0.717) is 40.2 Å². The van der Waals surface area contributed by atoms with E-state index in [-0.39, 0.29) is 28.5 Å². The van der Waals surface area contributed by atoms with Crippen LogP contribution < -0.4 is 15.5 Å². The van der Waals surface area contributed by atoms with Gasteiger partial charge in [-0.15, -0.1) is 0 Å². The lowest BCUT2D eigenvalue weighted by molar-refractivity contribution is 0.0953. The van der Waals surface area contributed by atoms with Crippen molar-refractivity contribution in [1.82, 2.24) is 20.5 Å². The molecule has 250 valence electrons. The third-order valence-electron chi connectivity index (χ3n) is 9.50. The van der Waals surface area contributed by atoms with Crippen molar-refractivity contribution in [2.45, 2.75) is 43.7 Å². The van der Waals surface area contributed by atoms with Crippen LogP contribution in [0.4, 0.5) is 0 Å². The Kier molecular flexibility index (Phi) is 10.3. The fraction of sp³-hybridized carbons (Fsp3) is 0.316. The van der Waals surface area contributed by atoms with Gasteiger partial charge < -0.3 is 35.8 Å². The molecule has 1 aliphatic heterocycles. The van der Waals surface area contributed by atoms with Gasteiger partial charge >= 0.3 is 4.87 Å². The number of likely N-dealkylation sites (tertiary alicyclic amines) is 1. The summed E-state index contributed by atoms with van der Waals surface area (Å²) in [5, 5.41) is 38.0. The van der Waals surface area contributed by atoms with Crippen molar-refractivity contribution in [2.75, 3.05) is 33.2 Å². The number of benzene rings is 4. The number of nitrogens with zero attached hydrogens (tertiary/aromatic N) is 1. The Balaban J connectivity index is 0.993. The van der Waals surface area contributed by atoms with E-state index in [2.05, 4.69) is 57.9 Å². The Labute approximate surface area is 283 Å². The van der Waals surface area contributed by atoms with Gasteiger partial charge in [0.2, 0.25) is 0 Å². The van der Waals surface area contributed by atoms with E-state index in [1.807, 2.05) is 30.3 Å². The summed E-state index contributed by atoms with van der Waals surface area (Å²) in [5.41, 5.74) is 5.60. The number of fused-ring (bicyclic) bond motifs is 1. The molecular weight excluding hydrogens is 625 g/mol. The van der Waals surface area contributed by atoms with E-state index < -0.39 is 6.10 Å². The van der Waals surface area contributed by atoms with E-state index in [1.165, 1.54) is 11.6 Å². The first-order valence-corrected chi connectivity index (χ1v) is 17.2. The van der Waals surface area contributed by atoms with Crippen molar-refractivity contribution in [1.29, 1.82) is 0 Å². The fourth-order valence-corrected chi connectivity index (χ4v) is 7.65. The van der Waals surface area contributed by atoms with Gasteiger partial charge in [0.15, 0.2) is 0 Å². The standard InChI is InChI=1S/C38H42N4O5S/c1-42-20-17-38(18-21-42,28-7-3-2-4-8-28)30-22-25(11-15-31(30)43)6-5-19-40-36(46)27-12-9-26(10-13-27)23-39-24-33(45)29-14-16-32(44)34-35(29)48-37(47)41-34/h2-4,7-16,22,33,39,43-45H,5-6,17-21,23-24H2,1H3,(H,40,46)(H,41,47). The van der Waals surface area contributed by atoms with Crippen molar-refractivity contribution in [3.05, 3.63) is 128 Å². The van der Waals surface area contributed by atoms with Crippen LogP contribution in [0.25, 0.3) is 10.2 Å². The van der Waals surface area contributed by atoms with Crippen LogP contribution in [0.3, 0.4) is 0 Å². The van der Waals surface area contributed by atoms with Crippen LogP contribution >= 0.6 is 11.3 Å². The molecule has 9 nitrogen and oxygen atoms in total. The molecule has 1 aliphatic rings. The molecule has 2 heterocycles. The number of carbonyl (C=O) groups excluding carboxylic acids is 1. The number of carbonyl (C=O) groups is 1. The molecule has 1 amide bonds. The average Bonchev–Trinajstić information content (AvgIpc) is 3.51. The Hall–Kier alpha value is -4.48. The SMILES string of the molecule is CN1CCC(c2ccccc2)(c2cc(CCCNC(=O)c3ccc(CNCC(O)c4ccc(O)c5[nH]c(=O)sc45)cc3)ccc2O)CC1. The molecule has 1 unspecified atom stereocenters. The zero-order valence-electron chi connectivity index (χ0n) is 27.0. The smallest absolute Gasteiger partial charge is 0.305 e. The second-order valence-corrected chi connectivity index (χ2v) is 13.7. The molecule has 0 saturated carbocycles. The first-order chi connectivity index (χ1) is 23.2. The van der Waals surface area contributed by atoms with Crippen LogP contribution in [-0.4, -0.2) is 64.3 Å². The maximum atomic E-state index is 12.9. The maximum absolute atomic E-state index is 12.9. The summed E-state index contributed by atoms with van der Waals surface area (Å²) in [6, 6.07) is 26.9. The Morgan fingerprint density at radius 2 is 1.67 bits per heavy atom. The van der Waals surface area contributed by atoms with E-state index in [1.54, 1.807) is 18.2 Å². The van der Waals surface area contributed by atoms with Crippen molar-refractivity contribution in [3.63, 3.8) is 0 Å². The Bertz CT molecular complexity index is 1910. The molecule has 0 spiro atoms. The molecule has 1 atom stereocenters. The number of phenols is 2. The number of H-pyrrole nitrogens is 1. The molecule has 10 heteroatoms. The van der Waals surface area contributed by atoms with Crippen LogP contribution in [0.1, 0.15) is 63.5 Å². The van der Waals surface area contributed by atoms with Gasteiger partial charge in [-0.2, -0.15) is 0 Å². The summed E-state index contributed by atoms with van der Waals surface area (Å²) in [7, 11) is 2.15. The highest BCUT2D eigenvalue weighted by Crippen LogP contribution is 2.45. The molecule has 5 aromatic rings. The molecule has 4 aromatic carbocycles. The van der Waals surface area contributed by atoms with Crippen LogP contribution in [0.15, 0.2) is 89.7 Å². The lowest BCUT2D eigenvalue weighted by atomic mass is 9.67. The number of aromatic amines is 1. The molecule has 0 radical (unpaired) electrons. The average molecular weight is 667 g/mol. The maximum Gasteiger partial charge on any atom is 0.305 e. The van der Waals surface area contributed by atoms with E-state index >= 15 is 0 Å². The molecular formula is C38H42N4O5S. The molecule has 0 bridgehead atoms. The number of rotatable bonds is 12. The first kappa shape index (κ1) is 33.4. The number of phenolic OH excluding ortho intramolecular Hbond substituents is 2. The van der Waals surface area contributed by atoms with Crippen molar-refractivity contribution >= 4 is 27.5 Å². The van der Waals surface area contributed by atoms with E-state index in [4.69, 9.17) is 0 Å². The monoisotopic (exact) mass is 666 g/mol. The number of hydrogen-bond donors (Lipinski definition) is 6. The predicted molar refractivity (Wildman–Crippen MR) is 190 cm³/mol. The van der Waals surface area contributed by atoms with Gasteiger partial charge in [0.25, 0.3) is 5.91 Å². The molecule has 6 rings (SSSR count). The molecule has 48 heavy (non-hydrogen) atoms. The minimum absolute atomic E-state index is 0.0253. The summed E-state index contributed by atoms with van der Waals surface area (Å²) >= 11 is 0.959. The summed E-state index contributed by atoms with van der Waals surface area (Å²) in [6.07, 6.45) is 2.58. The van der Waals surface area contributed by atoms with Crippen molar-refractivity contribution < 1.29 is 20.1 Å². The molecule has 1 saturated heterocycles. The second kappa shape index (κ2) is 14.7. The lowest BCUT2D eigenvalue weighted by Gasteiger charge is -2.42. The first-order valence-electron chi connectivity index (χ1n) is 16.4. The second-order valence-electron chi connectivity index (χ2n) is 12.7. The summed E-state index contributed by atoms with van der Waals surface area (Å²) in [4.78, 5) is 29.3. The van der Waals surface area contributed by atoms with Crippen LogP contribution in [0, 0.1) is 0 Å². The topological polar surface area (TPSA) is 138 Å². The zero-order chi connectivity index (χ0) is 33.7. The minimum atomic E-state index is -0.864. The highest BCUT2D eigenvalue weighted by atomic mass is 32.1. The fourth-order valence-electron chi connectivity index (χ4n) is 6.73. The minimum Gasteiger partial charge on any atom is -0.508 e. The van der Waals surface area contributed by atoms with E-state index in [9.17, 15) is 24.9 Å². The Morgan fingerprint density at radius 1 is 0.958 bits per heavy atom. The number of thiazole rings is 1. The zero-order valence-corrected chi connectivity index (χ0v) is 27.9. The summed E-state index contributed by atoms with van der Waals surface area (Å²) in [5.74, 6) is 0.181. The van der Waals surface area contributed by atoms with Gasteiger partial charge in [-0.1, -0.05) is 72.0 Å². The number of aliphatic hydroxyl groups excluding tert-OH is 1. The van der Waals surface area contributed by atoms with Gasteiger partial charge in [-0.05, 0) is 86.8 Å². The normalized spacial score (nSPS) is 15.4. The van der Waals surface area contributed by atoms with Crippen molar-refractivity contribution in [3.8, 4) is 11.5 Å². The number of aromatic nitrogens is 1. The van der Waals surface area contributed by atoms with Gasteiger partial charge in [-0.3, -0.25) is 9.59 Å². The lowest BCUT2D eigenvalue weighted by Crippen LogP contribution is -2.41. The third kappa shape index (κ3) is 7.32. The highest BCUT2D eigenvalue weighted by molar-refractivity contribution is 7.16. The van der Waals surface area contributed by atoms with Crippen LogP contribution in [-0.2, 0) is 18.4 Å². The number of aryl methyl sites for hydroxylation is 1. The van der Waals surface area contributed by atoms with Gasteiger partial charge in [0.05, 0.1) is 10.8 Å². The van der Waals surface area contributed by atoms with E-state index in [0.717, 1.165) is 66.8 Å². The third-order valence-corrected chi connectivity index (χ3v) is 10.4. The molecule has 0 aliphatic carbocycles. The van der Waals surface area contributed by atoms with Crippen molar-refractivity contribution in [2.24, 2.45) is 0 Å². The predicted octanol–water partition coefficient (Wildman–Crippen LogP) is 5.20. The van der Waals surface area contributed by atoms with Gasteiger partial charge in [0, 0.05) is 41.7 Å². The van der Waals surface area contributed by atoms with Gasteiger partial charge in [0.1, 0.15) is 17.0 Å². The number of nitrogens with one attached hydrogen (secondary N) is 3. The quantitative estimate of drug-likeness (QED) is 0.101. The number of amides is 1. The highest BCUT2D eigenvalue weighted by Gasteiger charge is 2.39. The van der Waals surface area contributed by atoms with Crippen LogP contribution in [0.5, 0.6) is 11.5 Å². The Morgan fingerprint density at radius 3 is 2.42 bits per heavy atom. The van der Waals surface area contributed by atoms with Gasteiger partial charge in [-0.25, -0.2) is 0 Å².